The van der Waals surface area contributed by atoms with Crippen molar-refractivity contribution in [3.8, 4) is 11.5 Å². The molecule has 0 saturated heterocycles. The lowest BCUT2D eigenvalue weighted by molar-refractivity contribution is 0.0953. The largest absolute Gasteiger partial charge is 0.507 e. The third kappa shape index (κ3) is 3.77. The van der Waals surface area contributed by atoms with Crippen LogP contribution in [0.4, 0.5) is 0 Å². The number of benzene rings is 1. The first-order valence-corrected chi connectivity index (χ1v) is 10.6. The molecule has 0 amide bonds. The molecule has 0 radical (unpaired) electrons. The van der Waals surface area contributed by atoms with Crippen LogP contribution in [0, 0.1) is 11.3 Å². The van der Waals surface area contributed by atoms with Gasteiger partial charge in [-0.15, -0.1) is 0 Å². The molecule has 2 N–H and O–H groups in total. The van der Waals surface area contributed by atoms with Crippen LogP contribution in [-0.2, 0) is 10.8 Å². The number of rotatable bonds is 6. The maximum Gasteiger partial charge on any atom is 0.123 e. The van der Waals surface area contributed by atoms with Crippen LogP contribution in [0.1, 0.15) is 98.6 Å². The number of allylic oxidation sites excluding steroid dienone is 2. The minimum Gasteiger partial charge on any atom is -0.507 e. The number of phenolic OH excluding ortho intramolecular Hbond substituents is 2. The first-order valence-electron chi connectivity index (χ1n) is 10.6. The van der Waals surface area contributed by atoms with Gasteiger partial charge in [0.05, 0.1) is 0 Å². The Morgan fingerprint density at radius 2 is 1.67 bits per heavy atom. The maximum absolute atomic E-state index is 11.1. The fraction of sp³-hybridized carbons (Fsp3) is 0.680. The van der Waals surface area contributed by atoms with E-state index in [2.05, 4.69) is 61.5 Å². The van der Waals surface area contributed by atoms with Crippen LogP contribution < -0.4 is 0 Å². The molecule has 0 spiro atoms. The van der Waals surface area contributed by atoms with Gasteiger partial charge >= 0.3 is 0 Å². The van der Waals surface area contributed by atoms with E-state index >= 15 is 0 Å². The molecule has 0 heterocycles. The van der Waals surface area contributed by atoms with Gasteiger partial charge in [-0.05, 0) is 60.6 Å². The van der Waals surface area contributed by atoms with Crippen LogP contribution in [-0.4, -0.2) is 10.2 Å². The van der Waals surface area contributed by atoms with Crippen molar-refractivity contribution in [2.24, 2.45) is 11.3 Å². The Morgan fingerprint density at radius 3 is 2.15 bits per heavy atom. The number of hydrogen-bond donors (Lipinski definition) is 2. The topological polar surface area (TPSA) is 40.5 Å². The molecule has 1 aromatic rings. The van der Waals surface area contributed by atoms with Gasteiger partial charge in [-0.1, -0.05) is 73.0 Å². The molecule has 1 aliphatic carbocycles. The minimum absolute atomic E-state index is 0.0271. The van der Waals surface area contributed by atoms with E-state index in [9.17, 15) is 10.2 Å². The highest BCUT2D eigenvalue weighted by Gasteiger charge is 2.50. The summed E-state index contributed by atoms with van der Waals surface area (Å²) in [5, 5.41) is 22.2. The van der Waals surface area contributed by atoms with Crippen molar-refractivity contribution in [3.63, 3.8) is 0 Å². The lowest BCUT2D eigenvalue weighted by atomic mass is 9.52. The molecule has 2 nitrogen and oxygen atoms in total. The lowest BCUT2D eigenvalue weighted by Crippen LogP contribution is -2.46. The van der Waals surface area contributed by atoms with Crippen LogP contribution in [0.3, 0.4) is 0 Å². The van der Waals surface area contributed by atoms with Gasteiger partial charge in [-0.25, -0.2) is 0 Å². The molecule has 0 saturated carbocycles. The van der Waals surface area contributed by atoms with E-state index in [0.717, 1.165) is 37.7 Å². The van der Waals surface area contributed by atoms with Crippen molar-refractivity contribution in [2.75, 3.05) is 0 Å². The maximum atomic E-state index is 11.1. The van der Waals surface area contributed by atoms with Gasteiger partial charge in [0.1, 0.15) is 11.5 Å². The first-order chi connectivity index (χ1) is 12.4. The first kappa shape index (κ1) is 21.9. The van der Waals surface area contributed by atoms with Crippen LogP contribution in [0.5, 0.6) is 11.5 Å². The number of phenols is 2. The van der Waals surface area contributed by atoms with Gasteiger partial charge in [-0.3, -0.25) is 0 Å². The smallest absolute Gasteiger partial charge is 0.123 e. The summed E-state index contributed by atoms with van der Waals surface area (Å²) in [7, 11) is 0. The van der Waals surface area contributed by atoms with Gasteiger partial charge in [0, 0.05) is 11.0 Å². The molecule has 0 fully saturated rings. The minimum atomic E-state index is -0.399. The van der Waals surface area contributed by atoms with Crippen LogP contribution in [0.25, 0.3) is 0 Å². The Balaban J connectivity index is 2.63. The molecule has 0 aliphatic heterocycles. The van der Waals surface area contributed by atoms with Crippen LogP contribution >= 0.6 is 0 Å². The molecule has 1 aromatic carbocycles. The Labute approximate surface area is 166 Å². The van der Waals surface area contributed by atoms with Crippen molar-refractivity contribution in [3.05, 3.63) is 34.9 Å². The van der Waals surface area contributed by atoms with Crippen molar-refractivity contribution in [2.45, 2.75) is 98.3 Å². The van der Waals surface area contributed by atoms with Gasteiger partial charge in [0.15, 0.2) is 0 Å². The Morgan fingerprint density at radius 1 is 1.11 bits per heavy atom. The molecule has 0 aromatic heterocycles. The predicted octanol–water partition coefficient (Wildman–Crippen LogP) is 7.23. The number of unbranched alkanes of at least 4 members (excludes halogenated alkanes) is 1. The van der Waals surface area contributed by atoms with Crippen LogP contribution in [0.15, 0.2) is 23.8 Å². The molecule has 0 unspecified atom stereocenters. The summed E-state index contributed by atoms with van der Waals surface area (Å²) in [6, 6.07) is 3.79. The molecule has 152 valence electrons. The molecule has 2 heteroatoms. The van der Waals surface area contributed by atoms with E-state index in [4.69, 9.17) is 0 Å². The number of hydrogen-bond acceptors (Lipinski definition) is 2. The predicted molar refractivity (Wildman–Crippen MR) is 116 cm³/mol. The van der Waals surface area contributed by atoms with Crippen molar-refractivity contribution in [1.82, 2.24) is 0 Å². The highest BCUT2D eigenvalue weighted by Crippen LogP contribution is 2.58. The van der Waals surface area contributed by atoms with Crippen molar-refractivity contribution in [1.29, 1.82) is 0 Å². The Kier molecular flexibility index (Phi) is 6.09. The van der Waals surface area contributed by atoms with Crippen molar-refractivity contribution >= 4 is 0 Å². The van der Waals surface area contributed by atoms with Gasteiger partial charge in [0.25, 0.3) is 0 Å². The zero-order chi connectivity index (χ0) is 20.6. The molecular weight excluding hydrogens is 332 g/mol. The summed E-state index contributed by atoms with van der Waals surface area (Å²) in [6.07, 6.45) is 7.75. The molecular formula is C25H40O2. The summed E-state index contributed by atoms with van der Waals surface area (Å²) in [5.41, 5.74) is 2.55. The molecule has 1 aliphatic rings. The normalized spacial score (nSPS) is 26.3. The third-order valence-corrected chi connectivity index (χ3v) is 7.59. The Bertz CT molecular complexity index is 690. The Hall–Kier alpha value is -1.44. The van der Waals surface area contributed by atoms with Crippen molar-refractivity contribution < 1.29 is 10.2 Å². The number of aromatic hydroxyl groups is 2. The zero-order valence-electron chi connectivity index (χ0n) is 18.7. The molecule has 2 rings (SSSR count). The molecule has 0 bridgehead atoms. The highest BCUT2D eigenvalue weighted by molar-refractivity contribution is 5.56. The monoisotopic (exact) mass is 372 g/mol. The van der Waals surface area contributed by atoms with E-state index in [0.29, 0.717) is 11.5 Å². The fourth-order valence-electron chi connectivity index (χ4n) is 4.99. The second-order valence-corrected chi connectivity index (χ2v) is 10.1. The van der Waals surface area contributed by atoms with E-state index in [1.165, 1.54) is 5.57 Å². The standard InChI is InChI=1S/C25H40O2/c1-9-10-12-23(5,6)19-14-20(26)22(21(27)15-19)25(8)16-18(4)11-13-24(25,7)17(2)3/h14-17,26-27H,9-13H2,1-8H3/t24-,25+/m1/s1. The van der Waals surface area contributed by atoms with E-state index in [-0.39, 0.29) is 22.3 Å². The van der Waals surface area contributed by atoms with Crippen LogP contribution in [0.2, 0.25) is 0 Å². The summed E-state index contributed by atoms with van der Waals surface area (Å²) in [6.45, 7) is 17.7. The van der Waals surface area contributed by atoms with Gasteiger partial charge < -0.3 is 10.2 Å². The third-order valence-electron chi connectivity index (χ3n) is 7.59. The highest BCUT2D eigenvalue weighted by atomic mass is 16.3. The van der Waals surface area contributed by atoms with E-state index < -0.39 is 5.41 Å². The quantitative estimate of drug-likeness (QED) is 0.517. The van der Waals surface area contributed by atoms with Gasteiger partial charge in [0.2, 0.25) is 0 Å². The van der Waals surface area contributed by atoms with E-state index in [1.54, 1.807) is 0 Å². The second-order valence-electron chi connectivity index (χ2n) is 10.1. The summed E-state index contributed by atoms with van der Waals surface area (Å²) in [4.78, 5) is 0. The average Bonchev–Trinajstić information content (AvgIpc) is 2.55. The zero-order valence-corrected chi connectivity index (χ0v) is 18.7. The average molecular weight is 373 g/mol. The van der Waals surface area contributed by atoms with Gasteiger partial charge in [-0.2, -0.15) is 0 Å². The summed E-state index contributed by atoms with van der Waals surface area (Å²) < 4.78 is 0. The molecule has 27 heavy (non-hydrogen) atoms. The second kappa shape index (κ2) is 7.53. The summed E-state index contributed by atoms with van der Waals surface area (Å²) in [5.74, 6) is 0.899. The molecule has 2 atom stereocenters. The lowest BCUT2D eigenvalue weighted by Gasteiger charge is -2.51. The van der Waals surface area contributed by atoms with E-state index in [1.807, 2.05) is 12.1 Å². The SMILES string of the molecule is CCCCC(C)(C)c1cc(O)c([C@]2(C)C=C(C)CC[C@]2(C)C(C)C)c(O)c1. The summed E-state index contributed by atoms with van der Waals surface area (Å²) >= 11 is 0. The fourth-order valence-corrected chi connectivity index (χ4v) is 4.99.